The molecule has 0 saturated heterocycles. The second-order valence-electron chi connectivity index (χ2n) is 0.966. The van der Waals surface area contributed by atoms with Crippen molar-refractivity contribution in [3.8, 4) is 0 Å². The van der Waals surface area contributed by atoms with Crippen LogP contribution in [-0.4, -0.2) is 11.3 Å². The van der Waals surface area contributed by atoms with Crippen molar-refractivity contribution < 1.29 is 5.11 Å². The van der Waals surface area contributed by atoms with Crippen molar-refractivity contribution in [2.24, 2.45) is 10.4 Å². The number of rotatable bonds is 3. The van der Waals surface area contributed by atoms with E-state index in [0.717, 1.165) is 6.08 Å². The Labute approximate surface area is 45.0 Å². The number of aliphatic hydroxyl groups is 1. The van der Waals surface area contributed by atoms with Crippen LogP contribution in [0.5, 0.6) is 0 Å². The van der Waals surface area contributed by atoms with Crippen LogP contribution in [0.25, 0.3) is 0 Å². The molecule has 0 unspecified atom stereocenters. The Kier molecular flexibility index (Phi) is 3.30. The maximum Gasteiger partial charge on any atom is 0.244 e. The van der Waals surface area contributed by atoms with Gasteiger partial charge in [0.25, 0.3) is 0 Å². The fraction of sp³-hybridized carbons (Fsp3) is 0.333. The van der Waals surface area contributed by atoms with Gasteiger partial charge in [0, 0.05) is 6.08 Å². The van der Waals surface area contributed by atoms with Gasteiger partial charge >= 0.3 is 0 Å². The smallest absolute Gasteiger partial charge is 0.244 e. The summed E-state index contributed by atoms with van der Waals surface area (Å²) >= 11 is 0. The molecule has 0 aromatic heterocycles. The summed E-state index contributed by atoms with van der Waals surface area (Å²) in [6.07, 6.45) is 0.132. The third-order valence-corrected chi connectivity index (χ3v) is 0.474. The average molecular weight is 116 g/mol. The minimum Gasteiger partial charge on any atom is -0.516 e. The molecule has 0 aliphatic carbocycles. The molecular formula is C3H4N2O3. The topological polar surface area (TPSA) is 79.1 Å². The van der Waals surface area contributed by atoms with Crippen LogP contribution in [-0.2, 0) is 0 Å². The molecule has 0 bridgehead atoms. The summed E-state index contributed by atoms with van der Waals surface area (Å²) in [5.41, 5.74) is 0. The van der Waals surface area contributed by atoms with Gasteiger partial charge in [-0.25, -0.2) is 0 Å². The number of nitrogens with zero attached hydrogens (tertiary/aromatic N) is 2. The Bertz CT molecular complexity index is 103. The van der Waals surface area contributed by atoms with Crippen molar-refractivity contribution in [3.05, 3.63) is 22.2 Å². The van der Waals surface area contributed by atoms with Crippen molar-refractivity contribution in [2.75, 3.05) is 0 Å². The van der Waals surface area contributed by atoms with E-state index in [9.17, 15) is 9.81 Å². The van der Waals surface area contributed by atoms with E-state index in [1.165, 1.54) is 0 Å². The standard InChI is InChI=1S/C3H4N2O3/c6-2-1-3(4-7)5-8/h1-3,6H/b2-1+. The summed E-state index contributed by atoms with van der Waals surface area (Å²) in [4.78, 5) is 18.8. The summed E-state index contributed by atoms with van der Waals surface area (Å²) in [5.74, 6) is 0. The first-order chi connectivity index (χ1) is 3.85. The molecule has 0 amide bonds. The Hall–Kier alpha value is -1.26. The zero-order valence-corrected chi connectivity index (χ0v) is 3.89. The van der Waals surface area contributed by atoms with E-state index in [1.807, 2.05) is 0 Å². The zero-order valence-electron chi connectivity index (χ0n) is 3.89. The van der Waals surface area contributed by atoms with Gasteiger partial charge in [-0.15, -0.1) is 9.81 Å². The quantitative estimate of drug-likeness (QED) is 0.439. The van der Waals surface area contributed by atoms with Crippen molar-refractivity contribution >= 4 is 0 Å². The first kappa shape index (κ1) is 6.74. The van der Waals surface area contributed by atoms with Crippen molar-refractivity contribution in [1.29, 1.82) is 0 Å². The first-order valence-corrected chi connectivity index (χ1v) is 1.81. The molecule has 0 aromatic carbocycles. The summed E-state index contributed by atoms with van der Waals surface area (Å²) in [7, 11) is 0. The van der Waals surface area contributed by atoms with Crippen molar-refractivity contribution in [3.63, 3.8) is 0 Å². The normalized spacial score (nSPS) is 10.1. The molecule has 0 spiro atoms. The largest absolute Gasteiger partial charge is 0.516 e. The fourth-order valence-corrected chi connectivity index (χ4v) is 0.166. The van der Waals surface area contributed by atoms with Crippen LogP contribution in [0.4, 0.5) is 0 Å². The van der Waals surface area contributed by atoms with E-state index in [4.69, 9.17) is 5.11 Å². The lowest BCUT2D eigenvalue weighted by molar-refractivity contribution is 0.469. The molecule has 0 aliphatic heterocycles. The molecule has 1 N–H and O–H groups in total. The van der Waals surface area contributed by atoms with Crippen LogP contribution in [0.1, 0.15) is 0 Å². The highest BCUT2D eigenvalue weighted by Crippen LogP contribution is 1.91. The molecule has 0 rings (SSSR count). The number of hydrogen-bond acceptors (Lipinski definition) is 5. The molecule has 0 heterocycles. The Morgan fingerprint density at radius 3 is 2.00 bits per heavy atom. The maximum atomic E-state index is 9.42. The highest BCUT2D eigenvalue weighted by atomic mass is 16.3. The molecule has 8 heavy (non-hydrogen) atoms. The van der Waals surface area contributed by atoms with E-state index in [0.29, 0.717) is 6.26 Å². The van der Waals surface area contributed by atoms with Crippen LogP contribution in [0.15, 0.2) is 22.7 Å². The lowest BCUT2D eigenvalue weighted by Gasteiger charge is -1.82. The highest BCUT2D eigenvalue weighted by molar-refractivity contribution is 4.85. The molecule has 0 aromatic rings. The fourth-order valence-electron chi connectivity index (χ4n) is 0.166. The van der Waals surface area contributed by atoms with Crippen LogP contribution in [0.3, 0.4) is 0 Å². The summed E-state index contributed by atoms with van der Waals surface area (Å²) in [5, 5.41) is 12.4. The lowest BCUT2D eigenvalue weighted by atomic mass is 10.5. The predicted molar refractivity (Wildman–Crippen MR) is 27.1 cm³/mol. The zero-order chi connectivity index (χ0) is 6.41. The van der Waals surface area contributed by atoms with E-state index in [2.05, 4.69) is 10.4 Å². The monoisotopic (exact) mass is 116 g/mol. The molecule has 0 atom stereocenters. The second kappa shape index (κ2) is 3.91. The minimum absolute atomic E-state index is 0.549. The third kappa shape index (κ3) is 2.01. The van der Waals surface area contributed by atoms with Gasteiger partial charge in [-0.05, 0) is 10.4 Å². The maximum absolute atomic E-state index is 9.42. The van der Waals surface area contributed by atoms with Gasteiger partial charge in [-0.3, -0.25) is 0 Å². The predicted octanol–water partition coefficient (Wildman–Crippen LogP) is 0.917. The Morgan fingerprint density at radius 1 is 1.38 bits per heavy atom. The van der Waals surface area contributed by atoms with Gasteiger partial charge in [0.2, 0.25) is 6.17 Å². The van der Waals surface area contributed by atoms with Gasteiger partial charge < -0.3 is 5.11 Å². The van der Waals surface area contributed by atoms with Gasteiger partial charge in [-0.2, -0.15) is 0 Å². The minimum atomic E-state index is -1.29. The van der Waals surface area contributed by atoms with E-state index in [1.54, 1.807) is 0 Å². The van der Waals surface area contributed by atoms with E-state index >= 15 is 0 Å². The number of hydrogen-bond donors (Lipinski definition) is 1. The molecule has 5 heteroatoms. The summed E-state index contributed by atoms with van der Waals surface area (Å²) in [6, 6.07) is 0. The van der Waals surface area contributed by atoms with Crippen LogP contribution in [0.2, 0.25) is 0 Å². The molecular weight excluding hydrogens is 112 g/mol. The molecule has 0 radical (unpaired) electrons. The van der Waals surface area contributed by atoms with Crippen LogP contribution in [0, 0.1) is 9.81 Å². The van der Waals surface area contributed by atoms with Gasteiger partial charge in [0.1, 0.15) is 0 Å². The van der Waals surface area contributed by atoms with Gasteiger partial charge in [-0.1, -0.05) is 0 Å². The summed E-state index contributed by atoms with van der Waals surface area (Å²) in [6.45, 7) is 0. The number of aliphatic hydroxyl groups excluding tert-OH is 1. The van der Waals surface area contributed by atoms with Gasteiger partial charge in [0.05, 0.1) is 6.26 Å². The first-order valence-electron chi connectivity index (χ1n) is 1.81. The molecule has 44 valence electrons. The number of nitroso groups, excluding NO2 is 2. The SMILES string of the molecule is O=NC(/C=C/O)N=O. The Balaban J connectivity index is 3.69. The average Bonchev–Trinajstić information content (AvgIpc) is 1.83. The second-order valence-corrected chi connectivity index (χ2v) is 0.966. The van der Waals surface area contributed by atoms with Crippen molar-refractivity contribution in [2.45, 2.75) is 6.17 Å². The Morgan fingerprint density at radius 2 is 1.88 bits per heavy atom. The van der Waals surface area contributed by atoms with Crippen LogP contribution < -0.4 is 0 Å². The van der Waals surface area contributed by atoms with E-state index in [-0.39, 0.29) is 0 Å². The highest BCUT2D eigenvalue weighted by Gasteiger charge is 1.98. The molecule has 5 nitrogen and oxygen atoms in total. The van der Waals surface area contributed by atoms with Crippen LogP contribution >= 0.6 is 0 Å². The molecule has 0 fully saturated rings. The summed E-state index contributed by atoms with van der Waals surface area (Å²) < 4.78 is 0. The lowest BCUT2D eigenvalue weighted by Crippen LogP contribution is -1.89. The van der Waals surface area contributed by atoms with Crippen molar-refractivity contribution in [1.82, 2.24) is 0 Å². The van der Waals surface area contributed by atoms with E-state index < -0.39 is 6.17 Å². The third-order valence-electron chi connectivity index (χ3n) is 0.474. The molecule has 0 aliphatic rings. The molecule has 0 saturated carbocycles. The van der Waals surface area contributed by atoms with Gasteiger partial charge in [0.15, 0.2) is 0 Å².